The molecule has 0 aliphatic rings. The zero-order valence-electron chi connectivity index (χ0n) is 2.93. The molecule has 0 amide bonds. The average Bonchev–Trinajstić information content (AvgIpc) is 0.722. The molecule has 0 bridgehead atoms. The van der Waals surface area contributed by atoms with Crippen LogP contribution in [-0.4, -0.2) is 22.5 Å². The minimum atomic E-state index is -4.14. The molecule has 0 rings (SSSR count). The van der Waals surface area contributed by atoms with Crippen molar-refractivity contribution in [2.24, 2.45) is 0 Å². The smallest absolute Gasteiger partial charge is 0.378 e. The van der Waals surface area contributed by atoms with Gasteiger partial charge < -0.3 is 14.4 Å². The van der Waals surface area contributed by atoms with Crippen LogP contribution in [0, 0.1) is 0 Å². The molecule has 0 aromatic heterocycles. The Morgan fingerprint density at radius 3 is 1.17 bits per heavy atom. The van der Waals surface area contributed by atoms with Crippen LogP contribution in [0.5, 0.6) is 0 Å². The molecule has 0 aromatic rings. The number of hydrogen-bond acceptors (Lipinski definition) is 3. The van der Waals surface area contributed by atoms with Gasteiger partial charge >= 0.3 is 8.11 Å². The molecule has 0 fully saturated rings. The van der Waals surface area contributed by atoms with Crippen LogP contribution in [0.2, 0.25) is 0 Å². The fourth-order valence-corrected chi connectivity index (χ4v) is 0. The van der Waals surface area contributed by atoms with Gasteiger partial charge in [-0.15, -0.1) is 0 Å². The predicted octanol–water partition coefficient (Wildman–Crippen LogP) is -1.30. The third-order valence-corrected chi connectivity index (χ3v) is 0. The maximum Gasteiger partial charge on any atom is 0.605 e. The van der Waals surface area contributed by atoms with Gasteiger partial charge in [0.2, 0.25) is 0 Å². The Bertz CT molecular complexity index is 26.3. The molecule has 3 nitrogen and oxygen atoms in total. The van der Waals surface area contributed by atoms with E-state index in [4.69, 9.17) is 14.4 Å². The molecule has 0 spiro atoms. The molecule has 1 unspecified atom stereocenters. The van der Waals surface area contributed by atoms with Crippen LogP contribution in [0.15, 0.2) is 0 Å². The van der Waals surface area contributed by atoms with E-state index in [1.807, 2.05) is 0 Å². The summed E-state index contributed by atoms with van der Waals surface area (Å²) in [4.78, 5) is 22.6. The Balaban J connectivity index is 0. The summed E-state index contributed by atoms with van der Waals surface area (Å²) in [6, 6.07) is 0. The van der Waals surface area contributed by atoms with Crippen molar-refractivity contribution in [1.82, 2.24) is 0 Å². The highest BCUT2D eigenvalue weighted by Gasteiger charge is 2.21. The maximum atomic E-state index is 7.54. The van der Waals surface area contributed by atoms with Gasteiger partial charge in [0.25, 0.3) is 0 Å². The Kier molecular flexibility index (Phi) is 4.81. The van der Waals surface area contributed by atoms with Crippen molar-refractivity contribution in [3.8, 4) is 0 Å². The molecule has 0 saturated carbocycles. The second kappa shape index (κ2) is 2.90. The van der Waals surface area contributed by atoms with Crippen LogP contribution < -0.4 is 0 Å². The van der Waals surface area contributed by atoms with Crippen molar-refractivity contribution in [3.63, 3.8) is 0 Å². The normalized spacial score (nSPS) is 10.0. The second-order valence-electron chi connectivity index (χ2n) is 0.554. The Labute approximate surface area is 44.3 Å². The topological polar surface area (TPSA) is 60.7 Å². The first kappa shape index (κ1) is 9.94. The molecule has 0 heterocycles. The lowest BCUT2D eigenvalue weighted by Gasteiger charge is -1.90. The summed E-state index contributed by atoms with van der Waals surface area (Å²) in [5.41, 5.74) is 0. The highest BCUT2D eigenvalue weighted by atomic mass is 35.6. The van der Waals surface area contributed by atoms with E-state index in [1.54, 1.807) is 0 Å². The quantitative estimate of drug-likeness (QED) is 0.227. The molecule has 0 aliphatic heterocycles. The van der Waals surface area contributed by atoms with E-state index >= 15 is 0 Å². The maximum absolute atomic E-state index is 7.54. The predicted molar refractivity (Wildman–Crippen MR) is 29.4 cm³/mol. The first-order valence-electron chi connectivity index (χ1n) is 0.860. The van der Waals surface area contributed by atoms with Gasteiger partial charge in [0, 0.05) is 0 Å². The molecule has 0 aromatic carbocycles. The van der Waals surface area contributed by atoms with Gasteiger partial charge in [-0.25, -0.2) is 0 Å². The van der Waals surface area contributed by atoms with Gasteiger partial charge in [-0.05, 0) is 0 Å². The van der Waals surface area contributed by atoms with Crippen molar-refractivity contribution in [2.75, 3.05) is 0 Å². The van der Waals surface area contributed by atoms with Crippen molar-refractivity contribution >= 4 is 29.1 Å². The van der Waals surface area contributed by atoms with Gasteiger partial charge in [0.15, 0.2) is 0 Å². The van der Waals surface area contributed by atoms with Crippen LogP contribution in [-0.2, 0) is 0 Å². The molecule has 0 aliphatic carbocycles. The van der Waals surface area contributed by atoms with E-state index in [2.05, 4.69) is 11.1 Å². The molecular formula is H6ClO3PSi. The van der Waals surface area contributed by atoms with E-state index in [-0.39, 0.29) is 9.90 Å². The summed E-state index contributed by atoms with van der Waals surface area (Å²) >= 11 is 4.34. The standard InChI is InChI=1S/ClH3O3Si.H3P/c1-5(2,3)4;/h2-4H;1H3. The summed E-state index contributed by atoms with van der Waals surface area (Å²) in [7, 11) is -4.14. The van der Waals surface area contributed by atoms with Crippen molar-refractivity contribution < 1.29 is 14.4 Å². The summed E-state index contributed by atoms with van der Waals surface area (Å²) in [5, 5.41) is 0. The zero-order chi connectivity index (χ0) is 4.50. The summed E-state index contributed by atoms with van der Waals surface area (Å²) in [6.07, 6.45) is 0. The molecular weight excluding hydrogens is 143 g/mol. The number of rotatable bonds is 0. The molecule has 3 N–H and O–H groups in total. The Hall–Kier alpha value is 0.817. The van der Waals surface area contributed by atoms with Crippen molar-refractivity contribution in [1.29, 1.82) is 0 Å². The fourth-order valence-electron chi connectivity index (χ4n) is 0. The van der Waals surface area contributed by atoms with Gasteiger partial charge in [-0.3, -0.25) is 0 Å². The van der Waals surface area contributed by atoms with E-state index in [0.717, 1.165) is 0 Å². The van der Waals surface area contributed by atoms with E-state index in [1.165, 1.54) is 0 Å². The lowest BCUT2D eigenvalue weighted by atomic mass is 15.8. The molecule has 0 saturated heterocycles. The summed E-state index contributed by atoms with van der Waals surface area (Å²) in [6.45, 7) is 0. The monoisotopic (exact) mass is 148 g/mol. The van der Waals surface area contributed by atoms with E-state index < -0.39 is 8.11 Å². The van der Waals surface area contributed by atoms with Crippen LogP contribution in [0.1, 0.15) is 0 Å². The molecule has 0 radical (unpaired) electrons. The fraction of sp³-hybridized carbons (Fsp3) is 0. The molecule has 6 heavy (non-hydrogen) atoms. The summed E-state index contributed by atoms with van der Waals surface area (Å²) in [5.74, 6) is 0. The second-order valence-corrected chi connectivity index (χ2v) is 3.18. The third kappa shape index (κ3) is 105. The van der Waals surface area contributed by atoms with Crippen molar-refractivity contribution in [2.45, 2.75) is 0 Å². The van der Waals surface area contributed by atoms with Gasteiger partial charge in [-0.2, -0.15) is 9.90 Å². The largest absolute Gasteiger partial charge is 0.605 e. The first-order chi connectivity index (χ1) is 2.00. The van der Waals surface area contributed by atoms with E-state index in [0.29, 0.717) is 0 Å². The van der Waals surface area contributed by atoms with Crippen LogP contribution in [0.4, 0.5) is 0 Å². The van der Waals surface area contributed by atoms with Gasteiger partial charge in [-0.1, -0.05) is 11.1 Å². The first-order valence-corrected chi connectivity index (χ1v) is 3.71. The number of hydrogen-bond donors (Lipinski definition) is 3. The lowest BCUT2D eigenvalue weighted by Crippen LogP contribution is -2.25. The Morgan fingerprint density at radius 2 is 1.17 bits per heavy atom. The Morgan fingerprint density at radius 1 is 1.17 bits per heavy atom. The minimum absolute atomic E-state index is 0. The zero-order valence-corrected chi connectivity index (χ0v) is 6.10. The lowest BCUT2D eigenvalue weighted by molar-refractivity contribution is 0.261. The summed E-state index contributed by atoms with van der Waals surface area (Å²) < 4.78 is 0. The highest BCUT2D eigenvalue weighted by Crippen LogP contribution is 1.87. The highest BCUT2D eigenvalue weighted by molar-refractivity contribution is 7.06. The van der Waals surface area contributed by atoms with E-state index in [9.17, 15) is 0 Å². The number of halogens is 1. The minimum Gasteiger partial charge on any atom is -0.378 e. The van der Waals surface area contributed by atoms with Gasteiger partial charge in [0.05, 0.1) is 0 Å². The molecule has 6 heteroatoms. The average molecular weight is 149 g/mol. The van der Waals surface area contributed by atoms with Crippen LogP contribution in [0.25, 0.3) is 0 Å². The van der Waals surface area contributed by atoms with Crippen LogP contribution in [0.3, 0.4) is 0 Å². The molecule has 1 atom stereocenters. The van der Waals surface area contributed by atoms with Gasteiger partial charge in [0.1, 0.15) is 0 Å². The molecule has 40 valence electrons. The third-order valence-electron chi connectivity index (χ3n) is 0. The van der Waals surface area contributed by atoms with Crippen LogP contribution >= 0.6 is 21.0 Å². The SMILES string of the molecule is O[Si](O)(O)Cl.P. The van der Waals surface area contributed by atoms with Crippen molar-refractivity contribution in [3.05, 3.63) is 0 Å².